The molecule has 14 heavy (non-hydrogen) atoms. The van der Waals surface area contributed by atoms with Gasteiger partial charge in [0, 0.05) is 11.5 Å². The maximum atomic E-state index is 5.32. The van der Waals surface area contributed by atoms with E-state index >= 15 is 0 Å². The number of fused-ring (bicyclic) bond motifs is 1. The van der Waals surface area contributed by atoms with Crippen LogP contribution in [0, 0.1) is 0 Å². The molecule has 0 aliphatic heterocycles. The first-order valence-corrected chi connectivity index (χ1v) is 5.55. The second kappa shape index (κ2) is 3.88. The van der Waals surface area contributed by atoms with Crippen molar-refractivity contribution in [1.29, 1.82) is 0 Å². The van der Waals surface area contributed by atoms with E-state index in [-0.39, 0.29) is 0 Å². The Kier molecular flexibility index (Phi) is 2.59. The molecule has 0 bridgehead atoms. The van der Waals surface area contributed by atoms with Crippen LogP contribution in [-0.2, 0) is 0 Å². The number of hydrogen-bond donors (Lipinski definition) is 0. The lowest BCUT2D eigenvalue weighted by atomic mass is 10.2. The summed E-state index contributed by atoms with van der Waals surface area (Å²) in [5, 5.41) is 2.05. The molecule has 2 rings (SSSR count). The number of pyridine rings is 1. The summed E-state index contributed by atoms with van der Waals surface area (Å²) in [6.07, 6.45) is 2.01. The first-order chi connectivity index (χ1) is 6.85. The number of rotatable bonds is 2. The molecular formula is C11H11NOS. The van der Waals surface area contributed by atoms with E-state index in [0.29, 0.717) is 0 Å². The largest absolute Gasteiger partial charge is 0.496 e. The van der Waals surface area contributed by atoms with Crippen LogP contribution in [0.3, 0.4) is 0 Å². The van der Waals surface area contributed by atoms with E-state index in [1.54, 1.807) is 18.9 Å². The topological polar surface area (TPSA) is 22.1 Å². The SMILES string of the molecule is COc1cc(SC)nc2ccccc12. The van der Waals surface area contributed by atoms with Gasteiger partial charge >= 0.3 is 0 Å². The zero-order valence-electron chi connectivity index (χ0n) is 8.15. The average molecular weight is 205 g/mol. The van der Waals surface area contributed by atoms with E-state index < -0.39 is 0 Å². The van der Waals surface area contributed by atoms with Crippen LogP contribution >= 0.6 is 11.8 Å². The van der Waals surface area contributed by atoms with Crippen molar-refractivity contribution in [2.45, 2.75) is 5.03 Å². The lowest BCUT2D eigenvalue weighted by molar-refractivity contribution is 0.418. The first kappa shape index (κ1) is 9.34. The van der Waals surface area contributed by atoms with Gasteiger partial charge in [-0.1, -0.05) is 12.1 Å². The summed E-state index contributed by atoms with van der Waals surface area (Å²) in [6, 6.07) is 9.96. The lowest BCUT2D eigenvalue weighted by Crippen LogP contribution is -1.88. The third kappa shape index (κ3) is 1.55. The number of benzene rings is 1. The van der Waals surface area contributed by atoms with E-state index in [1.807, 2.05) is 36.6 Å². The molecule has 0 radical (unpaired) electrons. The van der Waals surface area contributed by atoms with Gasteiger partial charge in [0.2, 0.25) is 0 Å². The molecule has 0 saturated carbocycles. The van der Waals surface area contributed by atoms with Crippen molar-refractivity contribution in [3.05, 3.63) is 30.3 Å². The summed E-state index contributed by atoms with van der Waals surface area (Å²) in [5.41, 5.74) is 0.983. The Hall–Kier alpha value is -1.22. The molecule has 1 heterocycles. The fraction of sp³-hybridized carbons (Fsp3) is 0.182. The minimum absolute atomic E-state index is 0.889. The first-order valence-electron chi connectivity index (χ1n) is 4.33. The van der Waals surface area contributed by atoms with Crippen LogP contribution in [0.5, 0.6) is 5.75 Å². The number of hydrogen-bond acceptors (Lipinski definition) is 3. The zero-order valence-corrected chi connectivity index (χ0v) is 8.97. The molecule has 0 amide bonds. The Balaban J connectivity index is 2.73. The quantitative estimate of drug-likeness (QED) is 0.704. The molecule has 0 spiro atoms. The molecule has 0 atom stereocenters. The molecule has 0 N–H and O–H groups in total. The van der Waals surface area contributed by atoms with E-state index in [2.05, 4.69) is 4.98 Å². The van der Waals surface area contributed by atoms with Crippen LogP contribution in [0.15, 0.2) is 35.4 Å². The molecule has 72 valence electrons. The Bertz CT molecular complexity index is 456. The van der Waals surface area contributed by atoms with Crippen molar-refractivity contribution >= 4 is 22.7 Å². The summed E-state index contributed by atoms with van der Waals surface area (Å²) in [7, 11) is 1.69. The Labute approximate surface area is 87.3 Å². The molecule has 0 aliphatic carbocycles. The summed E-state index contributed by atoms with van der Waals surface area (Å²) in [5.74, 6) is 0.889. The van der Waals surface area contributed by atoms with Crippen molar-refractivity contribution in [2.75, 3.05) is 13.4 Å². The van der Waals surface area contributed by atoms with Gasteiger partial charge in [0.1, 0.15) is 10.8 Å². The van der Waals surface area contributed by atoms with Crippen LogP contribution in [0.4, 0.5) is 0 Å². The van der Waals surface area contributed by atoms with Gasteiger partial charge in [0.15, 0.2) is 0 Å². The van der Waals surface area contributed by atoms with Crippen molar-refractivity contribution in [3.8, 4) is 5.75 Å². The van der Waals surface area contributed by atoms with Gasteiger partial charge in [-0.05, 0) is 18.4 Å². The Morgan fingerprint density at radius 3 is 2.79 bits per heavy atom. The summed E-state index contributed by atoms with van der Waals surface area (Å²) in [6.45, 7) is 0. The summed E-state index contributed by atoms with van der Waals surface area (Å²) < 4.78 is 5.32. The number of ether oxygens (including phenoxy) is 1. The second-order valence-electron chi connectivity index (χ2n) is 2.88. The van der Waals surface area contributed by atoms with Crippen molar-refractivity contribution in [2.24, 2.45) is 0 Å². The molecule has 1 aromatic carbocycles. The van der Waals surface area contributed by atoms with Crippen LogP contribution in [0.25, 0.3) is 10.9 Å². The number of methoxy groups -OCH3 is 1. The van der Waals surface area contributed by atoms with E-state index in [1.165, 1.54) is 0 Å². The summed E-state index contributed by atoms with van der Waals surface area (Å²) in [4.78, 5) is 4.49. The highest BCUT2D eigenvalue weighted by atomic mass is 32.2. The average Bonchev–Trinajstić information content (AvgIpc) is 2.27. The maximum absolute atomic E-state index is 5.32. The van der Waals surface area contributed by atoms with Crippen LogP contribution in [0.1, 0.15) is 0 Å². The van der Waals surface area contributed by atoms with E-state index in [0.717, 1.165) is 21.7 Å². The van der Waals surface area contributed by atoms with Crippen LogP contribution < -0.4 is 4.74 Å². The van der Waals surface area contributed by atoms with Gasteiger partial charge in [-0.25, -0.2) is 4.98 Å². The molecule has 0 unspecified atom stereocenters. The number of aromatic nitrogens is 1. The van der Waals surface area contributed by atoms with E-state index in [4.69, 9.17) is 4.74 Å². The van der Waals surface area contributed by atoms with Crippen LogP contribution in [0.2, 0.25) is 0 Å². The monoisotopic (exact) mass is 205 g/mol. The third-order valence-electron chi connectivity index (χ3n) is 2.08. The summed E-state index contributed by atoms with van der Waals surface area (Å²) >= 11 is 1.62. The highest BCUT2D eigenvalue weighted by Crippen LogP contribution is 2.27. The van der Waals surface area contributed by atoms with Crippen LogP contribution in [-0.4, -0.2) is 18.3 Å². The minimum atomic E-state index is 0.889. The molecular weight excluding hydrogens is 194 g/mol. The van der Waals surface area contributed by atoms with Crippen molar-refractivity contribution in [3.63, 3.8) is 0 Å². The standard InChI is InChI=1S/C11H11NOS/c1-13-10-7-11(14-2)12-9-6-4-3-5-8(9)10/h3-7H,1-2H3. The molecule has 2 nitrogen and oxygen atoms in total. The van der Waals surface area contributed by atoms with Gasteiger partial charge in [-0.2, -0.15) is 0 Å². The van der Waals surface area contributed by atoms with Gasteiger partial charge in [0.25, 0.3) is 0 Å². The normalized spacial score (nSPS) is 10.4. The smallest absolute Gasteiger partial charge is 0.130 e. The fourth-order valence-corrected chi connectivity index (χ4v) is 1.81. The molecule has 2 aromatic rings. The minimum Gasteiger partial charge on any atom is -0.496 e. The lowest BCUT2D eigenvalue weighted by Gasteiger charge is -2.06. The van der Waals surface area contributed by atoms with E-state index in [9.17, 15) is 0 Å². The van der Waals surface area contributed by atoms with Gasteiger partial charge in [-0.15, -0.1) is 11.8 Å². The Morgan fingerprint density at radius 2 is 2.07 bits per heavy atom. The highest BCUT2D eigenvalue weighted by Gasteiger charge is 2.04. The van der Waals surface area contributed by atoms with Gasteiger partial charge in [-0.3, -0.25) is 0 Å². The molecule has 0 fully saturated rings. The molecule has 0 saturated heterocycles. The van der Waals surface area contributed by atoms with Crippen molar-refractivity contribution < 1.29 is 4.74 Å². The number of nitrogens with zero attached hydrogens (tertiary/aromatic N) is 1. The predicted octanol–water partition coefficient (Wildman–Crippen LogP) is 2.97. The number of thioether (sulfide) groups is 1. The fourth-order valence-electron chi connectivity index (χ4n) is 1.39. The maximum Gasteiger partial charge on any atom is 0.130 e. The third-order valence-corrected chi connectivity index (χ3v) is 2.71. The van der Waals surface area contributed by atoms with Crippen molar-refractivity contribution in [1.82, 2.24) is 4.98 Å². The number of para-hydroxylation sites is 1. The molecule has 0 aliphatic rings. The van der Waals surface area contributed by atoms with Gasteiger partial charge in [0.05, 0.1) is 12.6 Å². The predicted molar refractivity (Wildman–Crippen MR) is 60.1 cm³/mol. The van der Waals surface area contributed by atoms with Gasteiger partial charge < -0.3 is 4.74 Å². The molecule has 1 aromatic heterocycles. The zero-order chi connectivity index (χ0) is 9.97. The highest BCUT2D eigenvalue weighted by molar-refractivity contribution is 7.98. The molecule has 3 heteroatoms. The Morgan fingerprint density at radius 1 is 1.29 bits per heavy atom. The second-order valence-corrected chi connectivity index (χ2v) is 3.71.